The van der Waals surface area contributed by atoms with Crippen molar-refractivity contribution in [2.75, 3.05) is 38.7 Å². The van der Waals surface area contributed by atoms with Crippen molar-refractivity contribution in [1.29, 1.82) is 0 Å². The number of halogens is 1. The monoisotopic (exact) mass is 395 g/mol. The van der Waals surface area contributed by atoms with E-state index in [1.165, 1.54) is 0 Å². The van der Waals surface area contributed by atoms with Crippen molar-refractivity contribution >= 4 is 24.0 Å². The molecule has 0 radical (unpaired) electrons. The quantitative estimate of drug-likeness (QED) is 0.666. The van der Waals surface area contributed by atoms with Gasteiger partial charge in [0.2, 0.25) is 0 Å². The topological polar surface area (TPSA) is 90.3 Å². The van der Waals surface area contributed by atoms with Crippen LogP contribution in [0, 0.1) is 0 Å². The van der Waals surface area contributed by atoms with Gasteiger partial charge in [0, 0.05) is 20.1 Å². The SMILES string of the molecule is COCCCOc1ccccc1NC(=O)c1cn(C2CCNCC2)nn1.Cl. The molecule has 3 rings (SSSR count). The molecule has 0 saturated carbocycles. The molecule has 0 spiro atoms. The lowest BCUT2D eigenvalue weighted by molar-refractivity contribution is 0.102. The Bertz CT molecular complexity index is 719. The fraction of sp³-hybridized carbons (Fsp3) is 0.500. The van der Waals surface area contributed by atoms with Gasteiger partial charge in [0.15, 0.2) is 5.69 Å². The fourth-order valence-corrected chi connectivity index (χ4v) is 2.90. The molecule has 1 aliphatic rings. The number of nitrogens with zero attached hydrogens (tertiary/aromatic N) is 3. The number of hydrogen-bond donors (Lipinski definition) is 2. The minimum atomic E-state index is -0.293. The molecule has 1 amide bonds. The predicted molar refractivity (Wildman–Crippen MR) is 105 cm³/mol. The molecule has 1 fully saturated rings. The molecule has 9 heteroatoms. The summed E-state index contributed by atoms with van der Waals surface area (Å²) in [5.41, 5.74) is 0.920. The molecule has 0 unspecified atom stereocenters. The van der Waals surface area contributed by atoms with Crippen LogP contribution in [0.3, 0.4) is 0 Å². The van der Waals surface area contributed by atoms with E-state index in [0.717, 1.165) is 32.4 Å². The van der Waals surface area contributed by atoms with E-state index < -0.39 is 0 Å². The zero-order valence-corrected chi connectivity index (χ0v) is 16.2. The van der Waals surface area contributed by atoms with Gasteiger partial charge in [-0.25, -0.2) is 4.68 Å². The zero-order valence-electron chi connectivity index (χ0n) is 15.4. The smallest absolute Gasteiger partial charge is 0.277 e. The fourth-order valence-electron chi connectivity index (χ4n) is 2.90. The second kappa shape index (κ2) is 10.9. The lowest BCUT2D eigenvalue weighted by Crippen LogP contribution is -2.29. The maximum atomic E-state index is 12.5. The first-order valence-electron chi connectivity index (χ1n) is 8.92. The van der Waals surface area contributed by atoms with Crippen molar-refractivity contribution in [2.24, 2.45) is 0 Å². The Kier molecular flexibility index (Phi) is 8.50. The third kappa shape index (κ3) is 5.92. The van der Waals surface area contributed by atoms with E-state index in [2.05, 4.69) is 20.9 Å². The zero-order chi connectivity index (χ0) is 18.2. The van der Waals surface area contributed by atoms with Crippen molar-refractivity contribution < 1.29 is 14.3 Å². The molecule has 2 heterocycles. The summed E-state index contributed by atoms with van der Waals surface area (Å²) in [6, 6.07) is 7.65. The molecule has 1 saturated heterocycles. The number of piperidine rings is 1. The number of rotatable bonds is 8. The van der Waals surface area contributed by atoms with E-state index in [9.17, 15) is 4.79 Å². The lowest BCUT2D eigenvalue weighted by Gasteiger charge is -2.22. The molecular weight excluding hydrogens is 370 g/mol. The number of carbonyl (C=O) groups is 1. The summed E-state index contributed by atoms with van der Waals surface area (Å²) in [5.74, 6) is 0.334. The Morgan fingerprint density at radius 1 is 1.30 bits per heavy atom. The number of para-hydroxylation sites is 2. The van der Waals surface area contributed by atoms with Crippen LogP contribution in [0.5, 0.6) is 5.75 Å². The second-order valence-electron chi connectivity index (χ2n) is 6.21. The summed E-state index contributed by atoms with van der Waals surface area (Å²) in [4.78, 5) is 12.5. The highest BCUT2D eigenvalue weighted by atomic mass is 35.5. The van der Waals surface area contributed by atoms with Crippen LogP contribution < -0.4 is 15.4 Å². The van der Waals surface area contributed by atoms with Gasteiger partial charge in [-0.15, -0.1) is 17.5 Å². The van der Waals surface area contributed by atoms with E-state index in [-0.39, 0.29) is 18.3 Å². The highest BCUT2D eigenvalue weighted by Gasteiger charge is 2.19. The van der Waals surface area contributed by atoms with Crippen LogP contribution in [0.1, 0.15) is 35.8 Å². The largest absolute Gasteiger partial charge is 0.491 e. The number of benzene rings is 1. The molecule has 0 atom stereocenters. The summed E-state index contributed by atoms with van der Waals surface area (Å²) in [6.45, 7) is 3.07. The number of hydrogen-bond acceptors (Lipinski definition) is 6. The first kappa shape index (κ1) is 21.1. The molecule has 8 nitrogen and oxygen atoms in total. The van der Waals surface area contributed by atoms with E-state index in [0.29, 0.717) is 36.4 Å². The van der Waals surface area contributed by atoms with Crippen LogP contribution in [0.25, 0.3) is 0 Å². The van der Waals surface area contributed by atoms with Crippen LogP contribution in [-0.4, -0.2) is 54.3 Å². The average molecular weight is 396 g/mol. The first-order valence-corrected chi connectivity index (χ1v) is 8.92. The minimum absolute atomic E-state index is 0. The predicted octanol–water partition coefficient (Wildman–Crippen LogP) is 2.29. The average Bonchev–Trinajstić information content (AvgIpc) is 3.17. The van der Waals surface area contributed by atoms with E-state index in [4.69, 9.17) is 9.47 Å². The number of anilines is 1. The van der Waals surface area contributed by atoms with Gasteiger partial charge >= 0.3 is 0 Å². The number of nitrogens with one attached hydrogen (secondary N) is 2. The Hall–Kier alpha value is -2.16. The Balaban J connectivity index is 0.00000261. The molecule has 2 N–H and O–H groups in total. The molecule has 148 valence electrons. The molecule has 2 aromatic rings. The Labute approximate surface area is 165 Å². The van der Waals surface area contributed by atoms with Gasteiger partial charge < -0.3 is 20.1 Å². The maximum Gasteiger partial charge on any atom is 0.277 e. The van der Waals surface area contributed by atoms with Gasteiger partial charge in [0.05, 0.1) is 24.5 Å². The van der Waals surface area contributed by atoms with Crippen molar-refractivity contribution in [3.63, 3.8) is 0 Å². The highest BCUT2D eigenvalue weighted by Crippen LogP contribution is 2.24. The maximum absolute atomic E-state index is 12.5. The van der Waals surface area contributed by atoms with Gasteiger partial charge in [-0.2, -0.15) is 0 Å². The highest BCUT2D eigenvalue weighted by molar-refractivity contribution is 6.03. The molecule has 1 aromatic carbocycles. The standard InChI is InChI=1S/C18H25N5O3.ClH/c1-25-11-4-12-26-17-6-3-2-5-15(17)20-18(24)16-13-23(22-21-16)14-7-9-19-10-8-14;/h2-3,5-6,13-14,19H,4,7-12H2,1H3,(H,20,24);1H. The normalized spacial score (nSPS) is 14.4. The molecule has 1 aromatic heterocycles. The van der Waals surface area contributed by atoms with E-state index in [1.807, 2.05) is 18.2 Å². The second-order valence-corrected chi connectivity index (χ2v) is 6.21. The van der Waals surface area contributed by atoms with Crippen LogP contribution in [0.4, 0.5) is 5.69 Å². The van der Waals surface area contributed by atoms with Gasteiger partial charge in [0.1, 0.15) is 5.75 Å². The first-order chi connectivity index (χ1) is 12.8. The van der Waals surface area contributed by atoms with Gasteiger partial charge in [-0.3, -0.25) is 4.79 Å². The summed E-state index contributed by atoms with van der Waals surface area (Å²) in [5, 5.41) is 14.3. The summed E-state index contributed by atoms with van der Waals surface area (Å²) in [7, 11) is 1.66. The van der Waals surface area contributed by atoms with Crippen LogP contribution in [0.2, 0.25) is 0 Å². The summed E-state index contributed by atoms with van der Waals surface area (Å²) >= 11 is 0. The lowest BCUT2D eigenvalue weighted by atomic mass is 10.1. The van der Waals surface area contributed by atoms with E-state index >= 15 is 0 Å². The van der Waals surface area contributed by atoms with Crippen molar-refractivity contribution in [1.82, 2.24) is 20.3 Å². The third-order valence-electron chi connectivity index (χ3n) is 4.31. The van der Waals surface area contributed by atoms with Crippen molar-refractivity contribution in [2.45, 2.75) is 25.3 Å². The third-order valence-corrected chi connectivity index (χ3v) is 4.31. The molecule has 0 bridgehead atoms. The van der Waals surface area contributed by atoms with Gasteiger partial charge in [-0.1, -0.05) is 17.3 Å². The molecule has 1 aliphatic heterocycles. The van der Waals surface area contributed by atoms with Crippen LogP contribution in [0.15, 0.2) is 30.5 Å². The Morgan fingerprint density at radius 2 is 2.07 bits per heavy atom. The van der Waals surface area contributed by atoms with E-state index in [1.54, 1.807) is 24.1 Å². The number of carbonyl (C=O) groups excluding carboxylic acids is 1. The number of aromatic nitrogens is 3. The van der Waals surface area contributed by atoms with Crippen LogP contribution >= 0.6 is 12.4 Å². The number of amides is 1. The summed E-state index contributed by atoms with van der Waals surface area (Å²) in [6.07, 6.45) is 4.47. The molecular formula is C18H26ClN5O3. The van der Waals surface area contributed by atoms with Gasteiger partial charge in [0.25, 0.3) is 5.91 Å². The van der Waals surface area contributed by atoms with Crippen molar-refractivity contribution in [3.05, 3.63) is 36.2 Å². The van der Waals surface area contributed by atoms with Gasteiger partial charge in [-0.05, 0) is 38.1 Å². The summed E-state index contributed by atoms with van der Waals surface area (Å²) < 4.78 is 12.5. The number of ether oxygens (including phenoxy) is 2. The minimum Gasteiger partial charge on any atom is -0.491 e. The molecule has 0 aliphatic carbocycles. The van der Waals surface area contributed by atoms with Crippen molar-refractivity contribution in [3.8, 4) is 5.75 Å². The Morgan fingerprint density at radius 3 is 2.85 bits per heavy atom. The number of methoxy groups -OCH3 is 1. The molecule has 27 heavy (non-hydrogen) atoms. The van der Waals surface area contributed by atoms with Crippen LogP contribution in [-0.2, 0) is 4.74 Å².